The fourth-order valence-electron chi connectivity index (χ4n) is 1.40. The molecule has 1 heterocycles. The van der Waals surface area contributed by atoms with Crippen molar-refractivity contribution in [2.24, 2.45) is 5.41 Å². The normalized spacial score (nSPS) is 19.9. The number of hydrogen-bond acceptors (Lipinski definition) is 4. The lowest BCUT2D eigenvalue weighted by molar-refractivity contribution is -0.173. The molecule has 0 aromatic rings. The Hall–Kier alpha value is -0.650. The number of carbonyl (C=O) groups excluding carboxylic acids is 1. The lowest BCUT2D eigenvalue weighted by atomic mass is 9.91. The minimum atomic E-state index is -0.550. The summed E-state index contributed by atoms with van der Waals surface area (Å²) in [5.74, 6) is -0.0155. The molecule has 0 unspecified atom stereocenters. The summed E-state index contributed by atoms with van der Waals surface area (Å²) in [7, 11) is 1.64. The van der Waals surface area contributed by atoms with Crippen LogP contribution in [-0.4, -0.2) is 46.2 Å². The lowest BCUT2D eigenvalue weighted by Crippen LogP contribution is -2.48. The fourth-order valence-corrected chi connectivity index (χ4v) is 1.40. The number of amides is 1. The van der Waals surface area contributed by atoms with Gasteiger partial charge in [0.15, 0.2) is 0 Å². The number of hydrogen-bond donors (Lipinski definition) is 1. The second kappa shape index (κ2) is 6.05. The zero-order valence-corrected chi connectivity index (χ0v) is 9.38. The minimum absolute atomic E-state index is 0.0155. The number of carbonyl (C=O) groups is 1. The Morgan fingerprint density at radius 3 is 2.73 bits per heavy atom. The molecule has 0 atom stereocenters. The Kier molecular flexibility index (Phi) is 5.01. The molecule has 0 bridgehead atoms. The van der Waals surface area contributed by atoms with E-state index >= 15 is 0 Å². The first-order valence-corrected chi connectivity index (χ1v) is 5.12. The minimum Gasteiger partial charge on any atom is -0.385 e. The molecule has 1 fully saturated rings. The third-order valence-electron chi connectivity index (χ3n) is 2.37. The van der Waals surface area contributed by atoms with Crippen LogP contribution in [0.25, 0.3) is 0 Å². The van der Waals surface area contributed by atoms with Crippen LogP contribution in [0.1, 0.15) is 13.3 Å². The summed E-state index contributed by atoms with van der Waals surface area (Å²) in [5.41, 5.74) is -0.550. The van der Waals surface area contributed by atoms with E-state index in [2.05, 4.69) is 5.32 Å². The predicted octanol–water partition coefficient (Wildman–Crippen LogP) is 0.150. The fraction of sp³-hybridized carbons (Fsp3) is 0.900. The van der Waals surface area contributed by atoms with Gasteiger partial charge in [-0.25, -0.2) is 0 Å². The van der Waals surface area contributed by atoms with Gasteiger partial charge in [0.2, 0.25) is 5.91 Å². The summed E-state index contributed by atoms with van der Waals surface area (Å²) in [5, 5.41) is 2.85. The highest BCUT2D eigenvalue weighted by Crippen LogP contribution is 2.21. The third kappa shape index (κ3) is 3.77. The Morgan fingerprint density at radius 2 is 2.13 bits per heavy atom. The monoisotopic (exact) mass is 217 g/mol. The van der Waals surface area contributed by atoms with E-state index in [0.717, 1.165) is 6.42 Å². The van der Waals surface area contributed by atoms with Crippen LogP contribution in [0, 0.1) is 5.41 Å². The van der Waals surface area contributed by atoms with Gasteiger partial charge in [0, 0.05) is 20.3 Å². The van der Waals surface area contributed by atoms with Crippen LogP contribution in [0.4, 0.5) is 0 Å². The molecular formula is C10H19NO4. The summed E-state index contributed by atoms with van der Waals surface area (Å²) in [6.45, 7) is 4.25. The number of rotatable bonds is 5. The Bertz CT molecular complexity index is 202. The first-order chi connectivity index (χ1) is 7.19. The van der Waals surface area contributed by atoms with Crippen LogP contribution in [-0.2, 0) is 19.0 Å². The maximum atomic E-state index is 11.8. The highest BCUT2D eigenvalue weighted by Gasteiger charge is 2.36. The van der Waals surface area contributed by atoms with Gasteiger partial charge in [-0.1, -0.05) is 0 Å². The second-order valence-electron chi connectivity index (χ2n) is 3.98. The van der Waals surface area contributed by atoms with Crippen LogP contribution in [0.15, 0.2) is 0 Å². The molecule has 0 radical (unpaired) electrons. The first-order valence-electron chi connectivity index (χ1n) is 5.12. The topological polar surface area (TPSA) is 56.8 Å². The molecule has 1 aliphatic heterocycles. The standard InChI is InChI=1S/C10H19NO4/c1-10(6-14-8-15-7-10)9(12)11-4-3-5-13-2/h3-8H2,1-2H3,(H,11,12). The molecule has 0 spiro atoms. The summed E-state index contributed by atoms with van der Waals surface area (Å²) in [4.78, 5) is 11.8. The second-order valence-corrected chi connectivity index (χ2v) is 3.98. The van der Waals surface area contributed by atoms with Crippen molar-refractivity contribution in [3.63, 3.8) is 0 Å². The van der Waals surface area contributed by atoms with Crippen molar-refractivity contribution >= 4 is 5.91 Å². The van der Waals surface area contributed by atoms with Gasteiger partial charge in [-0.15, -0.1) is 0 Å². The average Bonchev–Trinajstić information content (AvgIpc) is 2.25. The highest BCUT2D eigenvalue weighted by atomic mass is 16.7. The Balaban J connectivity index is 2.25. The van der Waals surface area contributed by atoms with Gasteiger partial charge in [0.1, 0.15) is 6.79 Å². The van der Waals surface area contributed by atoms with Crippen molar-refractivity contribution in [1.82, 2.24) is 5.32 Å². The molecule has 5 heteroatoms. The van der Waals surface area contributed by atoms with Crippen molar-refractivity contribution in [2.45, 2.75) is 13.3 Å². The number of methoxy groups -OCH3 is 1. The van der Waals surface area contributed by atoms with Gasteiger partial charge >= 0.3 is 0 Å². The summed E-state index contributed by atoms with van der Waals surface area (Å²) >= 11 is 0. The van der Waals surface area contributed by atoms with Gasteiger partial charge in [0.05, 0.1) is 18.6 Å². The molecule has 5 nitrogen and oxygen atoms in total. The van der Waals surface area contributed by atoms with Crippen molar-refractivity contribution in [3.05, 3.63) is 0 Å². The maximum Gasteiger partial charge on any atom is 0.230 e. The van der Waals surface area contributed by atoms with E-state index < -0.39 is 5.41 Å². The van der Waals surface area contributed by atoms with Gasteiger partial charge < -0.3 is 19.5 Å². The molecule has 0 aromatic heterocycles. The molecule has 0 aromatic carbocycles. The molecular weight excluding hydrogens is 198 g/mol. The summed E-state index contributed by atoms with van der Waals surface area (Å²) in [6, 6.07) is 0. The molecule has 0 aliphatic carbocycles. The molecule has 1 N–H and O–H groups in total. The van der Waals surface area contributed by atoms with Crippen LogP contribution >= 0.6 is 0 Å². The molecule has 1 saturated heterocycles. The van der Waals surface area contributed by atoms with E-state index in [1.807, 2.05) is 6.92 Å². The molecule has 88 valence electrons. The van der Waals surface area contributed by atoms with Crippen LogP contribution < -0.4 is 5.32 Å². The SMILES string of the molecule is COCCCNC(=O)C1(C)COCOC1. The molecule has 15 heavy (non-hydrogen) atoms. The number of ether oxygens (including phenoxy) is 3. The van der Waals surface area contributed by atoms with Gasteiger partial charge in [-0.3, -0.25) is 4.79 Å². The number of nitrogens with one attached hydrogen (secondary N) is 1. The van der Waals surface area contributed by atoms with Crippen molar-refractivity contribution in [2.75, 3.05) is 40.3 Å². The van der Waals surface area contributed by atoms with Crippen LogP contribution in [0.5, 0.6) is 0 Å². The van der Waals surface area contributed by atoms with Crippen molar-refractivity contribution in [3.8, 4) is 0 Å². The van der Waals surface area contributed by atoms with E-state index in [1.165, 1.54) is 0 Å². The van der Waals surface area contributed by atoms with Gasteiger partial charge in [-0.05, 0) is 13.3 Å². The highest BCUT2D eigenvalue weighted by molar-refractivity contribution is 5.82. The zero-order valence-electron chi connectivity index (χ0n) is 9.38. The third-order valence-corrected chi connectivity index (χ3v) is 2.37. The molecule has 0 saturated carbocycles. The van der Waals surface area contributed by atoms with Gasteiger partial charge in [-0.2, -0.15) is 0 Å². The van der Waals surface area contributed by atoms with E-state index in [-0.39, 0.29) is 12.7 Å². The predicted molar refractivity (Wildman–Crippen MR) is 54.4 cm³/mol. The zero-order chi connectivity index (χ0) is 11.1. The van der Waals surface area contributed by atoms with Crippen LogP contribution in [0.2, 0.25) is 0 Å². The molecule has 1 aliphatic rings. The van der Waals surface area contributed by atoms with Crippen LogP contribution in [0.3, 0.4) is 0 Å². The molecule has 1 rings (SSSR count). The Labute approximate surface area is 90.1 Å². The Morgan fingerprint density at radius 1 is 1.47 bits per heavy atom. The van der Waals surface area contributed by atoms with E-state index in [9.17, 15) is 4.79 Å². The quantitative estimate of drug-likeness (QED) is 0.666. The smallest absolute Gasteiger partial charge is 0.230 e. The van der Waals surface area contributed by atoms with E-state index in [0.29, 0.717) is 26.4 Å². The van der Waals surface area contributed by atoms with Gasteiger partial charge in [0.25, 0.3) is 0 Å². The van der Waals surface area contributed by atoms with E-state index in [1.54, 1.807) is 7.11 Å². The summed E-state index contributed by atoms with van der Waals surface area (Å²) in [6.07, 6.45) is 0.819. The maximum absolute atomic E-state index is 11.8. The first kappa shape index (κ1) is 12.4. The van der Waals surface area contributed by atoms with E-state index in [4.69, 9.17) is 14.2 Å². The molecule has 1 amide bonds. The van der Waals surface area contributed by atoms with Crippen molar-refractivity contribution < 1.29 is 19.0 Å². The van der Waals surface area contributed by atoms with Crippen molar-refractivity contribution in [1.29, 1.82) is 0 Å². The lowest BCUT2D eigenvalue weighted by Gasteiger charge is -2.31. The summed E-state index contributed by atoms with van der Waals surface area (Å²) < 4.78 is 15.1. The average molecular weight is 217 g/mol. The largest absolute Gasteiger partial charge is 0.385 e.